The summed E-state index contributed by atoms with van der Waals surface area (Å²) >= 11 is 0. The summed E-state index contributed by atoms with van der Waals surface area (Å²) < 4.78 is 5.01. The van der Waals surface area contributed by atoms with E-state index < -0.39 is 0 Å². The number of carbonyl (C=O) groups is 1. The van der Waals surface area contributed by atoms with Crippen LogP contribution in [0.5, 0.6) is 0 Å². The van der Waals surface area contributed by atoms with Gasteiger partial charge in [0, 0.05) is 0 Å². The number of rotatable bonds is 5. The topological polar surface area (TPSA) is 26.3 Å². The van der Waals surface area contributed by atoms with Gasteiger partial charge in [0.05, 0.1) is 12.5 Å². The van der Waals surface area contributed by atoms with Gasteiger partial charge in [0.2, 0.25) is 0 Å². The first-order valence-electron chi connectivity index (χ1n) is 4.20. The molecule has 0 N–H and O–H groups in total. The van der Waals surface area contributed by atoms with Gasteiger partial charge in [-0.05, 0) is 13.3 Å². The number of hydrogen-bond acceptors (Lipinski definition) is 2. The van der Waals surface area contributed by atoms with Crippen molar-refractivity contribution in [1.29, 1.82) is 0 Å². The maximum absolute atomic E-state index is 10.7. The predicted octanol–water partition coefficient (Wildman–Crippen LogP) is 2.33. The third kappa shape index (κ3) is 5.89. The molecule has 0 amide bonds. The molecule has 0 spiro atoms. The van der Waals surface area contributed by atoms with Crippen molar-refractivity contribution in [2.75, 3.05) is 0 Å². The van der Waals surface area contributed by atoms with E-state index in [0.29, 0.717) is 0 Å². The van der Waals surface area contributed by atoms with Gasteiger partial charge in [-0.2, -0.15) is 0 Å². The molecule has 0 fully saturated rings. The van der Waals surface area contributed by atoms with Crippen LogP contribution in [0, 0.1) is 6.42 Å². The highest BCUT2D eigenvalue weighted by Gasteiger charge is 2.05. The molecule has 0 aliphatic carbocycles. The summed E-state index contributed by atoms with van der Waals surface area (Å²) in [7, 11) is 0. The van der Waals surface area contributed by atoms with E-state index in [9.17, 15) is 4.79 Å². The number of esters is 1. The Labute approximate surface area is 68.9 Å². The predicted molar refractivity (Wildman–Crippen MR) is 45.1 cm³/mol. The van der Waals surface area contributed by atoms with E-state index >= 15 is 0 Å². The van der Waals surface area contributed by atoms with Crippen LogP contribution in [0.2, 0.25) is 0 Å². The Bertz CT molecular complexity index is 110. The Kier molecular flexibility index (Phi) is 5.90. The minimum atomic E-state index is -0.214. The van der Waals surface area contributed by atoms with Crippen LogP contribution in [0.3, 0.4) is 0 Å². The van der Waals surface area contributed by atoms with Gasteiger partial charge in [-0.25, -0.2) is 0 Å². The quantitative estimate of drug-likeness (QED) is 0.572. The zero-order chi connectivity index (χ0) is 8.69. The molecule has 0 aromatic heterocycles. The van der Waals surface area contributed by atoms with E-state index in [1.807, 2.05) is 6.92 Å². The maximum Gasteiger partial charge on any atom is 0.309 e. The molecule has 0 saturated heterocycles. The van der Waals surface area contributed by atoms with Gasteiger partial charge in [-0.1, -0.05) is 26.7 Å². The molecule has 0 aliphatic rings. The fourth-order valence-corrected chi connectivity index (χ4v) is 0.817. The number of hydrogen-bond donors (Lipinski definition) is 0. The van der Waals surface area contributed by atoms with Crippen LogP contribution >= 0.6 is 0 Å². The summed E-state index contributed by atoms with van der Waals surface area (Å²) in [6.45, 7) is 5.74. The second kappa shape index (κ2) is 6.20. The molecule has 1 unspecified atom stereocenters. The first kappa shape index (κ1) is 10.5. The molecule has 0 bridgehead atoms. The Morgan fingerprint density at radius 3 is 2.73 bits per heavy atom. The minimum absolute atomic E-state index is 0.0682. The minimum Gasteiger partial charge on any atom is -0.462 e. The third-order valence-corrected chi connectivity index (χ3v) is 1.52. The summed E-state index contributed by atoms with van der Waals surface area (Å²) in [4.78, 5) is 10.7. The van der Waals surface area contributed by atoms with Gasteiger partial charge in [-0.3, -0.25) is 4.79 Å². The zero-order valence-corrected chi connectivity index (χ0v) is 7.59. The van der Waals surface area contributed by atoms with E-state index in [1.54, 1.807) is 6.92 Å². The summed E-state index contributed by atoms with van der Waals surface area (Å²) in [6.07, 6.45) is 4.76. The first-order chi connectivity index (χ1) is 5.20. The van der Waals surface area contributed by atoms with Gasteiger partial charge < -0.3 is 4.74 Å². The molecule has 0 saturated carbocycles. The summed E-state index contributed by atoms with van der Waals surface area (Å²) in [5.74, 6) is -0.214. The molecular formula is C9H17O2. The number of ether oxygens (including phenoxy) is 1. The SMILES string of the molecule is C[CH]C(=O)OC(C)CCCC. The molecule has 2 heteroatoms. The molecule has 65 valence electrons. The van der Waals surface area contributed by atoms with Crippen LogP contribution in [0.1, 0.15) is 40.0 Å². The Balaban J connectivity index is 3.35. The average molecular weight is 157 g/mol. The monoisotopic (exact) mass is 157 g/mol. The zero-order valence-electron chi connectivity index (χ0n) is 7.59. The summed E-state index contributed by atoms with van der Waals surface area (Å²) in [5, 5.41) is 0. The summed E-state index contributed by atoms with van der Waals surface area (Å²) in [6, 6.07) is 0. The fourth-order valence-electron chi connectivity index (χ4n) is 0.817. The van der Waals surface area contributed by atoms with Crippen LogP contribution in [-0.2, 0) is 9.53 Å². The maximum atomic E-state index is 10.7. The normalized spacial score (nSPS) is 12.6. The van der Waals surface area contributed by atoms with E-state index in [-0.39, 0.29) is 12.1 Å². The van der Waals surface area contributed by atoms with Gasteiger partial charge in [0.25, 0.3) is 0 Å². The standard InChI is InChI=1S/C9H17O2/c1-4-6-7-8(3)11-9(10)5-2/h5,8H,4,6-7H2,1-3H3. The molecule has 1 radical (unpaired) electrons. The second-order valence-electron chi connectivity index (χ2n) is 2.68. The number of carbonyl (C=O) groups excluding carboxylic acids is 1. The van der Waals surface area contributed by atoms with Gasteiger partial charge in [0.15, 0.2) is 0 Å². The van der Waals surface area contributed by atoms with E-state index in [1.165, 1.54) is 6.42 Å². The molecular weight excluding hydrogens is 140 g/mol. The Morgan fingerprint density at radius 1 is 1.64 bits per heavy atom. The molecule has 2 nitrogen and oxygen atoms in total. The lowest BCUT2D eigenvalue weighted by Gasteiger charge is -2.10. The molecule has 0 heterocycles. The largest absolute Gasteiger partial charge is 0.462 e. The van der Waals surface area contributed by atoms with E-state index in [2.05, 4.69) is 6.92 Å². The molecule has 0 aliphatic heterocycles. The van der Waals surface area contributed by atoms with Crippen LogP contribution in [0.4, 0.5) is 0 Å². The van der Waals surface area contributed by atoms with Crippen molar-refractivity contribution < 1.29 is 9.53 Å². The van der Waals surface area contributed by atoms with Crippen molar-refractivity contribution in [2.24, 2.45) is 0 Å². The van der Waals surface area contributed by atoms with Crippen molar-refractivity contribution >= 4 is 5.97 Å². The van der Waals surface area contributed by atoms with E-state index in [4.69, 9.17) is 4.74 Å². The molecule has 0 aromatic rings. The molecule has 1 atom stereocenters. The lowest BCUT2D eigenvalue weighted by Crippen LogP contribution is -2.13. The Hall–Kier alpha value is -0.530. The Morgan fingerprint density at radius 2 is 2.27 bits per heavy atom. The van der Waals surface area contributed by atoms with Crippen LogP contribution in [-0.4, -0.2) is 12.1 Å². The van der Waals surface area contributed by atoms with E-state index in [0.717, 1.165) is 19.3 Å². The summed E-state index contributed by atoms with van der Waals surface area (Å²) in [5.41, 5.74) is 0. The smallest absolute Gasteiger partial charge is 0.309 e. The highest BCUT2D eigenvalue weighted by atomic mass is 16.5. The van der Waals surface area contributed by atoms with Crippen molar-refractivity contribution in [3.8, 4) is 0 Å². The molecule has 0 rings (SSSR count). The third-order valence-electron chi connectivity index (χ3n) is 1.52. The fraction of sp³-hybridized carbons (Fsp3) is 0.778. The van der Waals surface area contributed by atoms with Crippen molar-refractivity contribution in [3.05, 3.63) is 6.42 Å². The van der Waals surface area contributed by atoms with Crippen LogP contribution < -0.4 is 0 Å². The van der Waals surface area contributed by atoms with Gasteiger partial charge in [-0.15, -0.1) is 0 Å². The van der Waals surface area contributed by atoms with Crippen molar-refractivity contribution in [1.82, 2.24) is 0 Å². The average Bonchev–Trinajstić information content (AvgIpc) is 2.00. The number of unbranched alkanes of at least 4 members (excludes halogenated alkanes) is 1. The first-order valence-corrected chi connectivity index (χ1v) is 4.20. The second-order valence-corrected chi connectivity index (χ2v) is 2.68. The van der Waals surface area contributed by atoms with Crippen LogP contribution in [0.25, 0.3) is 0 Å². The molecule has 11 heavy (non-hydrogen) atoms. The van der Waals surface area contributed by atoms with Crippen molar-refractivity contribution in [2.45, 2.75) is 46.1 Å². The molecule has 0 aromatic carbocycles. The lowest BCUT2D eigenvalue weighted by atomic mass is 10.2. The van der Waals surface area contributed by atoms with Gasteiger partial charge in [0.1, 0.15) is 0 Å². The highest BCUT2D eigenvalue weighted by Crippen LogP contribution is 2.04. The van der Waals surface area contributed by atoms with Gasteiger partial charge >= 0.3 is 5.97 Å². The van der Waals surface area contributed by atoms with Crippen LogP contribution in [0.15, 0.2) is 0 Å². The highest BCUT2D eigenvalue weighted by molar-refractivity contribution is 5.78. The lowest BCUT2D eigenvalue weighted by molar-refractivity contribution is -0.144. The van der Waals surface area contributed by atoms with Crippen molar-refractivity contribution in [3.63, 3.8) is 0 Å².